The summed E-state index contributed by atoms with van der Waals surface area (Å²) in [6, 6.07) is 26.5. The first-order valence-electron chi connectivity index (χ1n) is 21.5. The lowest BCUT2D eigenvalue weighted by Gasteiger charge is -2.29. The van der Waals surface area contributed by atoms with Crippen LogP contribution in [0.2, 0.25) is 0 Å². The highest BCUT2D eigenvalue weighted by Gasteiger charge is 2.51. The number of nitrogens with one attached hydrogen (secondary N) is 1. The number of unbranched alkanes of at least 4 members (excludes halogenated alkanes) is 1. The molecule has 13 nitrogen and oxygen atoms in total. The zero-order valence-corrected chi connectivity index (χ0v) is 38.3. The van der Waals surface area contributed by atoms with E-state index in [1.54, 1.807) is 60.0 Å². The van der Waals surface area contributed by atoms with Crippen LogP contribution in [-0.2, 0) is 36.5 Å². The molecule has 1 aromatic heterocycles. The summed E-state index contributed by atoms with van der Waals surface area (Å²) >= 11 is 7.20. The van der Waals surface area contributed by atoms with Crippen LogP contribution in [-0.4, -0.2) is 94.2 Å². The highest BCUT2D eigenvalue weighted by atomic mass is 32.1. The van der Waals surface area contributed by atoms with Crippen molar-refractivity contribution in [2.75, 3.05) is 42.7 Å². The monoisotopic (exact) mass is 952 g/mol. The Morgan fingerprint density at radius 1 is 0.955 bits per heavy atom. The molecule has 3 heterocycles. The molecule has 4 aromatic carbocycles. The molecule has 0 saturated carbocycles. The molecule has 67 heavy (non-hydrogen) atoms. The zero-order valence-electron chi connectivity index (χ0n) is 36.6. The first-order valence-corrected chi connectivity index (χ1v) is 22.8. The van der Waals surface area contributed by atoms with Gasteiger partial charge in [-0.2, -0.15) is 18.4 Å². The van der Waals surface area contributed by atoms with Crippen molar-refractivity contribution in [3.63, 3.8) is 0 Å². The van der Waals surface area contributed by atoms with Crippen LogP contribution >= 0.6 is 23.6 Å². The molecular formula is C49H47F3N6O7S2. The third kappa shape index (κ3) is 11.4. The van der Waals surface area contributed by atoms with Gasteiger partial charge in [0.05, 0.1) is 58.6 Å². The summed E-state index contributed by atoms with van der Waals surface area (Å²) in [6.07, 6.45) is -1.67. The predicted molar refractivity (Wildman–Crippen MR) is 250 cm³/mol. The fourth-order valence-electron chi connectivity index (χ4n) is 8.02. The molecule has 2 atom stereocenters. The molecule has 18 heteroatoms. The van der Waals surface area contributed by atoms with Crippen LogP contribution in [0.4, 0.5) is 24.5 Å². The van der Waals surface area contributed by atoms with Gasteiger partial charge in [0.2, 0.25) is 11.8 Å². The van der Waals surface area contributed by atoms with Crippen LogP contribution < -0.4 is 19.9 Å². The number of thiocarbonyl (C=S) groups is 1. The maximum atomic E-state index is 13.7. The molecule has 0 radical (unpaired) electrons. The van der Waals surface area contributed by atoms with Gasteiger partial charge in [-0.15, -0.1) is 11.3 Å². The second-order valence-electron chi connectivity index (χ2n) is 16.6. The van der Waals surface area contributed by atoms with Crippen molar-refractivity contribution in [1.29, 1.82) is 5.26 Å². The van der Waals surface area contributed by atoms with Gasteiger partial charge >= 0.3 is 6.18 Å². The van der Waals surface area contributed by atoms with Gasteiger partial charge in [0.15, 0.2) is 10.9 Å². The van der Waals surface area contributed by atoms with E-state index in [2.05, 4.69) is 10.3 Å². The number of carbonyl (C=O) groups is 4. The molecule has 0 aliphatic carbocycles. The van der Waals surface area contributed by atoms with Gasteiger partial charge in [0.25, 0.3) is 5.91 Å². The van der Waals surface area contributed by atoms with Crippen molar-refractivity contribution in [3.05, 3.63) is 119 Å². The Morgan fingerprint density at radius 2 is 1.61 bits per heavy atom. The van der Waals surface area contributed by atoms with Crippen molar-refractivity contribution < 1.29 is 46.9 Å². The van der Waals surface area contributed by atoms with Crippen molar-refractivity contribution in [2.24, 2.45) is 0 Å². The zero-order chi connectivity index (χ0) is 47.9. The number of thiazole rings is 1. The normalized spacial score (nSPS) is 16.9. The number of halogens is 3. The Morgan fingerprint density at radius 3 is 2.27 bits per heavy atom. The first-order chi connectivity index (χ1) is 32.0. The summed E-state index contributed by atoms with van der Waals surface area (Å²) < 4.78 is 52.6. The Balaban J connectivity index is 0.799. The largest absolute Gasteiger partial charge is 0.494 e. The van der Waals surface area contributed by atoms with Gasteiger partial charge in [-0.3, -0.25) is 29.1 Å². The van der Waals surface area contributed by atoms with Gasteiger partial charge in [-0.1, -0.05) is 48.5 Å². The van der Waals surface area contributed by atoms with Gasteiger partial charge in [0, 0.05) is 37.9 Å². The number of likely N-dealkylation sites (tertiary alicyclic amines) is 1. The van der Waals surface area contributed by atoms with Gasteiger partial charge in [-0.25, -0.2) is 0 Å². The second kappa shape index (κ2) is 21.0. The molecule has 0 bridgehead atoms. The van der Waals surface area contributed by atoms with E-state index in [-0.39, 0.29) is 49.1 Å². The van der Waals surface area contributed by atoms with E-state index in [0.29, 0.717) is 43.9 Å². The molecule has 0 spiro atoms. The number of amides is 3. The maximum Gasteiger partial charge on any atom is 0.417 e. The lowest BCUT2D eigenvalue weighted by atomic mass is 10.0. The lowest BCUT2D eigenvalue weighted by Crippen LogP contribution is -2.46. The van der Waals surface area contributed by atoms with Crippen LogP contribution in [0.5, 0.6) is 5.75 Å². The number of carbonyl (C=O) groups excluding carboxylic acids is 4. The average Bonchev–Trinajstić information content (AvgIpc) is 4.04. The van der Waals surface area contributed by atoms with E-state index < -0.39 is 52.7 Å². The van der Waals surface area contributed by atoms with E-state index in [0.717, 1.165) is 44.2 Å². The number of Topliss-reactive ketones (excluding diaryl/α,β-unsaturated/α-hetero) is 1. The number of aryl methyl sites for hydroxylation is 1. The first kappa shape index (κ1) is 48.4. The number of aliphatic hydroxyl groups excluding tert-OH is 1. The van der Waals surface area contributed by atoms with E-state index in [1.807, 2.05) is 60.7 Å². The highest BCUT2D eigenvalue weighted by molar-refractivity contribution is 7.81. The minimum absolute atomic E-state index is 0.00524. The van der Waals surface area contributed by atoms with Crippen LogP contribution in [0.15, 0.2) is 103 Å². The molecule has 2 aliphatic heterocycles. The summed E-state index contributed by atoms with van der Waals surface area (Å²) in [5.74, 6) is -0.921. The number of nitrogens with zero attached hydrogens (tertiary/aromatic N) is 5. The summed E-state index contributed by atoms with van der Waals surface area (Å²) in [7, 11) is 0. The summed E-state index contributed by atoms with van der Waals surface area (Å²) in [5.41, 5.74) is 3.11. The summed E-state index contributed by atoms with van der Waals surface area (Å²) in [5, 5.41) is 22.1. The lowest BCUT2D eigenvalue weighted by molar-refractivity contribution is -0.138. The van der Waals surface area contributed by atoms with E-state index in [4.69, 9.17) is 21.7 Å². The van der Waals surface area contributed by atoms with E-state index >= 15 is 0 Å². The number of aliphatic hydroxyl groups is 1. The number of aromatic nitrogens is 1. The molecule has 2 fully saturated rings. The quantitative estimate of drug-likeness (QED) is 0.0652. The van der Waals surface area contributed by atoms with Gasteiger partial charge in [0.1, 0.15) is 17.9 Å². The molecule has 7 rings (SSSR count). The van der Waals surface area contributed by atoms with Crippen molar-refractivity contribution in [2.45, 2.75) is 69.8 Å². The number of nitriles is 1. The minimum atomic E-state index is -4.80. The van der Waals surface area contributed by atoms with Crippen molar-refractivity contribution in [1.82, 2.24) is 15.2 Å². The number of rotatable bonds is 18. The van der Waals surface area contributed by atoms with Crippen LogP contribution in [0.25, 0.3) is 21.6 Å². The molecule has 2 saturated heterocycles. The number of alkyl halides is 3. The highest BCUT2D eigenvalue weighted by Crippen LogP contribution is 2.40. The average molecular weight is 953 g/mol. The number of anilines is 2. The molecule has 2 N–H and O–H groups in total. The maximum absolute atomic E-state index is 13.7. The minimum Gasteiger partial charge on any atom is -0.494 e. The third-order valence-corrected chi connectivity index (χ3v) is 12.8. The number of hydrogen-bond acceptors (Lipinski definition) is 11. The van der Waals surface area contributed by atoms with Crippen LogP contribution in [0.3, 0.4) is 0 Å². The van der Waals surface area contributed by atoms with Gasteiger partial charge < -0.3 is 29.7 Å². The molecule has 2 aliphatic rings. The number of ketones is 1. The number of ether oxygens (including phenoxy) is 2. The predicted octanol–water partition coefficient (Wildman–Crippen LogP) is 7.74. The Kier molecular flexibility index (Phi) is 15.2. The van der Waals surface area contributed by atoms with Crippen molar-refractivity contribution in [3.8, 4) is 33.4 Å². The Bertz CT molecular complexity index is 2640. The summed E-state index contributed by atoms with van der Waals surface area (Å²) in [6.45, 7) is 3.44. The molecule has 348 valence electrons. The van der Waals surface area contributed by atoms with E-state index in [1.165, 1.54) is 11.0 Å². The smallest absolute Gasteiger partial charge is 0.417 e. The standard InChI is InChI=1S/C49H47F3N6O7S2/c1-48(2)46(63)57(37-17-12-35(25-53)40(23-37)49(50,51)52)47(66)58(48)36-15-10-32(11-16-36)33-13-18-39(19-14-33)65-22-4-3-21-64-29-44(61)55-27-45(62)56-28-38(59)24-41(56)42(60)20-7-31-5-8-34(9-6-31)43-26-54-30-67-43/h5-6,8-19,23,26,30,38,41,59H,3-4,7,20-22,24,27-29H2,1-2H3,(H,55,61)/t38-,41+/m1/s1. The topological polar surface area (TPSA) is 165 Å². The second-order valence-corrected chi connectivity index (χ2v) is 17.8. The van der Waals surface area contributed by atoms with Gasteiger partial charge in [-0.05, 0) is 110 Å². The SMILES string of the molecule is CC1(C)C(=O)N(c2ccc(C#N)c(C(F)(F)F)c2)C(=S)N1c1ccc(-c2ccc(OCCCCOCC(=O)NCC(=O)N3C[C@H](O)C[C@H]3C(=O)CCc3ccc(-c4cncs4)cc3)cc2)cc1. The van der Waals surface area contributed by atoms with Crippen LogP contribution in [0, 0.1) is 11.3 Å². The van der Waals surface area contributed by atoms with Crippen LogP contribution in [0.1, 0.15) is 56.2 Å². The third-order valence-electron chi connectivity index (χ3n) is 11.6. The fourth-order valence-corrected chi connectivity index (χ4v) is 9.17. The van der Waals surface area contributed by atoms with E-state index in [9.17, 15) is 42.7 Å². The number of benzene rings is 4. The molecule has 5 aromatic rings. The van der Waals surface area contributed by atoms with Crippen molar-refractivity contribution >= 4 is 63.5 Å². The molecule has 3 amide bonds. The Labute approximate surface area is 394 Å². The molecular weight excluding hydrogens is 906 g/mol. The Hall–Kier alpha value is -6.52. The summed E-state index contributed by atoms with van der Waals surface area (Å²) in [4.78, 5) is 61.4. The number of hydrogen-bond donors (Lipinski definition) is 2. The fraction of sp³-hybridized carbons (Fsp3) is 0.327. The molecule has 0 unspecified atom stereocenters. The number of β-amino-alcohol motifs (C(OH)–C–C–N with tert-alkyl or cyclic N) is 1.